The van der Waals surface area contributed by atoms with Crippen LogP contribution < -0.4 is 0 Å². The van der Waals surface area contributed by atoms with Crippen LogP contribution in [0.1, 0.15) is 40.0 Å². The number of rotatable bonds is 0. The minimum atomic E-state index is 0.369. The summed E-state index contributed by atoms with van der Waals surface area (Å²) >= 11 is 0. The van der Waals surface area contributed by atoms with Gasteiger partial charge in [0.2, 0.25) is 0 Å². The molecule has 0 unspecified atom stereocenters. The van der Waals surface area contributed by atoms with E-state index >= 15 is 0 Å². The molecule has 0 amide bonds. The molecule has 2 fully saturated rings. The van der Waals surface area contributed by atoms with Gasteiger partial charge in [0.25, 0.3) is 0 Å². The molecule has 2 saturated heterocycles. The maximum absolute atomic E-state index is 2.68. The zero-order valence-electron chi connectivity index (χ0n) is 10.1. The molecule has 2 nitrogen and oxygen atoms in total. The largest absolute Gasteiger partial charge is 0.311 e. The van der Waals surface area contributed by atoms with Crippen LogP contribution in [-0.4, -0.2) is 47.8 Å². The predicted molar refractivity (Wildman–Crippen MR) is 60.0 cm³/mol. The molecule has 1 spiro atoms. The average Bonchev–Trinajstić information content (AvgIpc) is 2.52. The van der Waals surface area contributed by atoms with Crippen molar-refractivity contribution in [2.75, 3.05) is 32.8 Å². The van der Waals surface area contributed by atoms with Crippen LogP contribution in [0, 0.1) is 0 Å². The Morgan fingerprint density at radius 3 is 2.07 bits per heavy atom. The fourth-order valence-electron chi connectivity index (χ4n) is 3.02. The first kappa shape index (κ1) is 10.4. The van der Waals surface area contributed by atoms with Gasteiger partial charge in [-0.05, 0) is 20.8 Å². The highest BCUT2D eigenvalue weighted by Crippen LogP contribution is 2.27. The molecule has 2 heterocycles. The summed E-state index contributed by atoms with van der Waals surface area (Å²) < 4.78 is 1.40. The molecule has 0 aromatic rings. The first-order chi connectivity index (χ1) is 6.52. The standard InChI is InChI=1S/C12H25N2/c1-12(2,3)13-7-6-10-14(11-13)8-4-5-9-14/h4-11H2,1-3H3/q+1. The normalized spacial score (nSPS) is 28.5. The Morgan fingerprint density at radius 2 is 1.50 bits per heavy atom. The third kappa shape index (κ3) is 1.96. The van der Waals surface area contributed by atoms with Crippen LogP contribution in [0.5, 0.6) is 0 Å². The Morgan fingerprint density at radius 1 is 0.929 bits per heavy atom. The highest BCUT2D eigenvalue weighted by atomic mass is 15.5. The van der Waals surface area contributed by atoms with E-state index in [0.717, 1.165) is 0 Å². The highest BCUT2D eigenvalue weighted by Gasteiger charge is 2.39. The van der Waals surface area contributed by atoms with E-state index in [9.17, 15) is 0 Å². The van der Waals surface area contributed by atoms with Crippen LogP contribution >= 0.6 is 0 Å². The maximum atomic E-state index is 2.68. The van der Waals surface area contributed by atoms with Crippen molar-refractivity contribution >= 4 is 0 Å². The third-order valence-corrected chi connectivity index (χ3v) is 3.99. The molecular weight excluding hydrogens is 172 g/mol. The molecule has 0 bridgehead atoms. The van der Waals surface area contributed by atoms with Crippen molar-refractivity contribution in [3.05, 3.63) is 0 Å². The van der Waals surface area contributed by atoms with Gasteiger partial charge < -0.3 is 4.48 Å². The summed E-state index contributed by atoms with van der Waals surface area (Å²) in [6, 6.07) is 0. The smallest absolute Gasteiger partial charge is 0.135 e. The first-order valence-electron chi connectivity index (χ1n) is 6.12. The van der Waals surface area contributed by atoms with Gasteiger partial charge in [-0.1, -0.05) is 0 Å². The van der Waals surface area contributed by atoms with Crippen molar-refractivity contribution in [1.29, 1.82) is 0 Å². The average molecular weight is 197 g/mol. The van der Waals surface area contributed by atoms with Gasteiger partial charge in [0.15, 0.2) is 0 Å². The monoisotopic (exact) mass is 197 g/mol. The van der Waals surface area contributed by atoms with Gasteiger partial charge in [0.05, 0.1) is 19.6 Å². The fraction of sp³-hybridized carbons (Fsp3) is 1.00. The third-order valence-electron chi connectivity index (χ3n) is 3.99. The van der Waals surface area contributed by atoms with Crippen LogP contribution in [0.15, 0.2) is 0 Å². The van der Waals surface area contributed by atoms with Crippen molar-refractivity contribution in [2.45, 2.75) is 45.6 Å². The summed E-state index contributed by atoms with van der Waals surface area (Å²) in [5.41, 5.74) is 0.369. The molecule has 2 aliphatic heterocycles. The second kappa shape index (κ2) is 3.49. The maximum Gasteiger partial charge on any atom is 0.135 e. The van der Waals surface area contributed by atoms with Crippen molar-refractivity contribution in [1.82, 2.24) is 4.90 Å². The minimum Gasteiger partial charge on any atom is -0.311 e. The van der Waals surface area contributed by atoms with E-state index in [0.29, 0.717) is 5.54 Å². The summed E-state index contributed by atoms with van der Waals surface area (Å²) in [6.07, 6.45) is 4.31. The van der Waals surface area contributed by atoms with Gasteiger partial charge in [0.1, 0.15) is 6.67 Å². The number of hydrogen-bond donors (Lipinski definition) is 0. The van der Waals surface area contributed by atoms with E-state index in [4.69, 9.17) is 0 Å². The molecular formula is C12H25N2+. The molecule has 82 valence electrons. The van der Waals surface area contributed by atoms with Crippen LogP contribution in [-0.2, 0) is 0 Å². The molecule has 14 heavy (non-hydrogen) atoms. The second-order valence-corrected chi connectivity index (χ2v) is 6.15. The zero-order chi connectivity index (χ0) is 10.2. The van der Waals surface area contributed by atoms with Crippen molar-refractivity contribution in [3.63, 3.8) is 0 Å². The Bertz CT molecular complexity index is 199. The second-order valence-electron chi connectivity index (χ2n) is 6.15. The van der Waals surface area contributed by atoms with Crippen molar-refractivity contribution in [2.24, 2.45) is 0 Å². The lowest BCUT2D eigenvalue weighted by atomic mass is 10.0. The van der Waals surface area contributed by atoms with E-state index in [-0.39, 0.29) is 0 Å². The lowest BCUT2D eigenvalue weighted by Gasteiger charge is -2.47. The first-order valence-corrected chi connectivity index (χ1v) is 6.12. The van der Waals surface area contributed by atoms with Crippen molar-refractivity contribution < 1.29 is 4.48 Å². The predicted octanol–water partition coefficient (Wildman–Crippen LogP) is 2.06. The number of quaternary nitrogens is 1. The minimum absolute atomic E-state index is 0.369. The molecule has 0 N–H and O–H groups in total. The molecule has 2 heteroatoms. The molecule has 0 aliphatic carbocycles. The molecule has 0 atom stereocenters. The van der Waals surface area contributed by atoms with Gasteiger partial charge in [-0.25, -0.2) is 0 Å². The molecule has 0 aromatic heterocycles. The van der Waals surface area contributed by atoms with E-state index < -0.39 is 0 Å². The SMILES string of the molecule is CC(C)(C)N1CCC[N+]2(CCCC2)C1. The summed E-state index contributed by atoms with van der Waals surface area (Å²) in [6.45, 7) is 14.0. The summed E-state index contributed by atoms with van der Waals surface area (Å²) in [7, 11) is 0. The van der Waals surface area contributed by atoms with E-state index in [1.165, 1.54) is 56.6 Å². The molecule has 2 rings (SSSR count). The molecule has 2 aliphatic rings. The van der Waals surface area contributed by atoms with E-state index in [1.807, 2.05) is 0 Å². The van der Waals surface area contributed by atoms with Crippen LogP contribution in [0.3, 0.4) is 0 Å². The Kier molecular flexibility index (Phi) is 2.61. The summed E-state index contributed by atoms with van der Waals surface area (Å²) in [4.78, 5) is 2.68. The molecule has 0 aromatic carbocycles. The van der Waals surface area contributed by atoms with Crippen LogP contribution in [0.2, 0.25) is 0 Å². The van der Waals surface area contributed by atoms with Gasteiger partial charge in [-0.3, -0.25) is 4.90 Å². The van der Waals surface area contributed by atoms with Crippen LogP contribution in [0.4, 0.5) is 0 Å². The van der Waals surface area contributed by atoms with Gasteiger partial charge in [-0.2, -0.15) is 0 Å². The topological polar surface area (TPSA) is 3.24 Å². The highest BCUT2D eigenvalue weighted by molar-refractivity contribution is 4.77. The number of nitrogens with zero attached hydrogens (tertiary/aromatic N) is 2. The van der Waals surface area contributed by atoms with Crippen molar-refractivity contribution in [3.8, 4) is 0 Å². The van der Waals surface area contributed by atoms with Gasteiger partial charge in [-0.15, -0.1) is 0 Å². The Hall–Kier alpha value is -0.0800. The lowest BCUT2D eigenvalue weighted by Crippen LogP contribution is -2.61. The zero-order valence-corrected chi connectivity index (χ0v) is 10.1. The van der Waals surface area contributed by atoms with Crippen LogP contribution in [0.25, 0.3) is 0 Å². The fourth-order valence-corrected chi connectivity index (χ4v) is 3.02. The van der Waals surface area contributed by atoms with Gasteiger partial charge >= 0.3 is 0 Å². The molecule has 0 radical (unpaired) electrons. The Balaban J connectivity index is 2.03. The van der Waals surface area contributed by atoms with E-state index in [1.54, 1.807) is 0 Å². The van der Waals surface area contributed by atoms with E-state index in [2.05, 4.69) is 25.7 Å². The summed E-state index contributed by atoms with van der Waals surface area (Å²) in [5, 5.41) is 0. The number of hydrogen-bond acceptors (Lipinski definition) is 1. The summed E-state index contributed by atoms with van der Waals surface area (Å²) in [5.74, 6) is 0. The quantitative estimate of drug-likeness (QED) is 0.537. The Labute approximate surface area is 88.5 Å². The lowest BCUT2D eigenvalue weighted by molar-refractivity contribution is -0.932. The molecule has 0 saturated carbocycles. The van der Waals surface area contributed by atoms with Gasteiger partial charge in [0, 0.05) is 31.3 Å².